The van der Waals surface area contributed by atoms with Gasteiger partial charge in [-0.15, -0.1) is 0 Å². The summed E-state index contributed by atoms with van der Waals surface area (Å²) in [5, 5.41) is 10.7. The van der Waals surface area contributed by atoms with Gasteiger partial charge in [-0.25, -0.2) is 4.39 Å². The average Bonchev–Trinajstić information content (AvgIpc) is 2.97. The van der Waals surface area contributed by atoms with Crippen LogP contribution in [0.2, 0.25) is 0 Å². The summed E-state index contributed by atoms with van der Waals surface area (Å²) in [6.45, 7) is 1.43. The number of aromatic nitrogens is 2. The Balaban J connectivity index is 1.51. The van der Waals surface area contributed by atoms with E-state index in [0.29, 0.717) is 6.54 Å². The molecule has 6 heteroatoms. The van der Waals surface area contributed by atoms with Crippen LogP contribution in [-0.2, 0) is 17.4 Å². The van der Waals surface area contributed by atoms with Crippen molar-refractivity contribution in [1.82, 2.24) is 20.4 Å². The van der Waals surface area contributed by atoms with Crippen molar-refractivity contribution >= 4 is 5.91 Å². The number of hydrogen-bond donors (Lipinski definition) is 2. The van der Waals surface area contributed by atoms with Gasteiger partial charge in [-0.3, -0.25) is 9.48 Å². The Labute approximate surface area is 140 Å². The molecule has 1 aliphatic carbocycles. The van der Waals surface area contributed by atoms with Crippen LogP contribution in [0.1, 0.15) is 29.9 Å². The van der Waals surface area contributed by atoms with Gasteiger partial charge in [0, 0.05) is 32.3 Å². The summed E-state index contributed by atoms with van der Waals surface area (Å²) in [6.07, 6.45) is 5.52. The maximum atomic E-state index is 13.5. The highest BCUT2D eigenvalue weighted by Gasteiger charge is 2.48. The molecule has 0 unspecified atom stereocenters. The van der Waals surface area contributed by atoms with Crippen molar-refractivity contribution < 1.29 is 9.18 Å². The molecule has 1 amide bonds. The summed E-state index contributed by atoms with van der Waals surface area (Å²) >= 11 is 0. The van der Waals surface area contributed by atoms with Gasteiger partial charge < -0.3 is 10.6 Å². The van der Waals surface area contributed by atoms with Gasteiger partial charge in [-0.2, -0.15) is 5.10 Å². The van der Waals surface area contributed by atoms with E-state index in [-0.39, 0.29) is 29.1 Å². The molecule has 2 aromatic rings. The second-order valence-corrected chi connectivity index (χ2v) is 6.90. The molecular weight excluding hydrogens is 307 g/mol. The molecular formula is C18H21FN4O. The van der Waals surface area contributed by atoms with Crippen LogP contribution in [0.25, 0.3) is 0 Å². The van der Waals surface area contributed by atoms with E-state index >= 15 is 0 Å². The van der Waals surface area contributed by atoms with Gasteiger partial charge in [-0.1, -0.05) is 12.1 Å². The van der Waals surface area contributed by atoms with E-state index < -0.39 is 0 Å². The zero-order valence-electron chi connectivity index (χ0n) is 13.6. The molecule has 5 nitrogen and oxygen atoms in total. The van der Waals surface area contributed by atoms with Gasteiger partial charge in [0.25, 0.3) is 0 Å². The number of nitrogens with one attached hydrogen (secondary N) is 2. The van der Waals surface area contributed by atoms with E-state index in [0.717, 1.165) is 30.5 Å². The number of nitrogens with zero attached hydrogens (tertiary/aromatic N) is 2. The van der Waals surface area contributed by atoms with Crippen molar-refractivity contribution in [3.63, 3.8) is 0 Å². The Bertz CT molecular complexity index is 768. The first-order chi connectivity index (χ1) is 11.6. The van der Waals surface area contributed by atoms with Crippen LogP contribution in [0, 0.1) is 11.7 Å². The summed E-state index contributed by atoms with van der Waals surface area (Å²) in [6, 6.07) is 6.55. The molecule has 2 N–H and O–H groups in total. The van der Waals surface area contributed by atoms with Gasteiger partial charge in [-0.05, 0) is 36.1 Å². The van der Waals surface area contributed by atoms with Crippen LogP contribution >= 0.6 is 0 Å². The fourth-order valence-corrected chi connectivity index (χ4v) is 3.66. The van der Waals surface area contributed by atoms with Gasteiger partial charge in [0.05, 0.1) is 17.7 Å². The van der Waals surface area contributed by atoms with E-state index in [2.05, 4.69) is 15.7 Å². The zero-order chi connectivity index (χ0) is 16.7. The quantitative estimate of drug-likeness (QED) is 0.897. The number of benzene rings is 1. The predicted molar refractivity (Wildman–Crippen MR) is 87.8 cm³/mol. The standard InChI is InChI=1S/C18H21FN4O/c1-23-11-12(8-21-23)15-9-20-10-16(15)17(24)22-18(5-6-18)13-3-2-4-14(19)7-13/h2-4,7-8,11,15-16,20H,5-6,9-10H2,1H3,(H,22,24)/t15-,16+/m1/s1. The van der Waals surface area contributed by atoms with Crippen LogP contribution < -0.4 is 10.6 Å². The van der Waals surface area contributed by atoms with Crippen molar-refractivity contribution in [1.29, 1.82) is 0 Å². The van der Waals surface area contributed by atoms with Crippen LogP contribution in [0.5, 0.6) is 0 Å². The van der Waals surface area contributed by atoms with E-state index in [4.69, 9.17) is 0 Å². The first kappa shape index (κ1) is 15.3. The fraction of sp³-hybridized carbons (Fsp3) is 0.444. The molecule has 24 heavy (non-hydrogen) atoms. The normalized spacial score (nSPS) is 24.8. The number of hydrogen-bond acceptors (Lipinski definition) is 3. The molecule has 0 radical (unpaired) electrons. The lowest BCUT2D eigenvalue weighted by Crippen LogP contribution is -2.41. The highest BCUT2D eigenvalue weighted by molar-refractivity contribution is 5.82. The minimum absolute atomic E-state index is 0.0376. The first-order valence-electron chi connectivity index (χ1n) is 8.35. The second-order valence-electron chi connectivity index (χ2n) is 6.90. The van der Waals surface area contributed by atoms with Crippen LogP contribution in [0.3, 0.4) is 0 Å². The maximum absolute atomic E-state index is 13.5. The highest BCUT2D eigenvalue weighted by Crippen LogP contribution is 2.46. The summed E-state index contributed by atoms with van der Waals surface area (Å²) in [5.41, 5.74) is 1.55. The molecule has 4 rings (SSSR count). The third kappa shape index (κ3) is 2.71. The van der Waals surface area contributed by atoms with E-state index in [9.17, 15) is 9.18 Å². The van der Waals surface area contributed by atoms with Crippen molar-refractivity contribution in [2.75, 3.05) is 13.1 Å². The molecule has 2 atom stereocenters. The molecule has 126 valence electrons. The molecule has 1 aromatic heterocycles. The number of rotatable bonds is 4. The Hall–Kier alpha value is -2.21. The molecule has 1 aromatic carbocycles. The molecule has 1 saturated carbocycles. The van der Waals surface area contributed by atoms with Crippen LogP contribution in [0.15, 0.2) is 36.7 Å². The molecule has 0 spiro atoms. The number of halogens is 1. The van der Waals surface area contributed by atoms with E-state index in [1.807, 2.05) is 25.5 Å². The lowest BCUT2D eigenvalue weighted by atomic mass is 9.89. The third-order valence-electron chi connectivity index (χ3n) is 5.19. The molecule has 2 fully saturated rings. The lowest BCUT2D eigenvalue weighted by molar-refractivity contribution is -0.125. The Morgan fingerprint density at radius 2 is 2.25 bits per heavy atom. The first-order valence-corrected chi connectivity index (χ1v) is 8.35. The zero-order valence-corrected chi connectivity index (χ0v) is 13.6. The van der Waals surface area contributed by atoms with Gasteiger partial charge >= 0.3 is 0 Å². The van der Waals surface area contributed by atoms with Crippen LogP contribution in [-0.4, -0.2) is 28.8 Å². The molecule has 2 aliphatic rings. The smallest absolute Gasteiger partial charge is 0.225 e. The number of carbonyl (C=O) groups is 1. The summed E-state index contributed by atoms with van der Waals surface area (Å²) < 4.78 is 15.3. The Morgan fingerprint density at radius 1 is 1.42 bits per heavy atom. The predicted octanol–water partition coefficient (Wildman–Crippen LogP) is 1.67. The van der Waals surface area contributed by atoms with Gasteiger partial charge in [0.1, 0.15) is 5.82 Å². The number of aryl methyl sites for hydroxylation is 1. The number of amides is 1. The highest BCUT2D eigenvalue weighted by atomic mass is 19.1. The lowest BCUT2D eigenvalue weighted by Gasteiger charge is -2.23. The van der Waals surface area contributed by atoms with Crippen LogP contribution in [0.4, 0.5) is 4.39 Å². The Kier molecular flexibility index (Phi) is 3.64. The average molecular weight is 328 g/mol. The van der Waals surface area contributed by atoms with Crippen molar-refractivity contribution in [3.8, 4) is 0 Å². The minimum Gasteiger partial charge on any atom is -0.346 e. The molecule has 1 aliphatic heterocycles. The maximum Gasteiger partial charge on any atom is 0.225 e. The van der Waals surface area contributed by atoms with Crippen molar-refractivity contribution in [2.24, 2.45) is 13.0 Å². The van der Waals surface area contributed by atoms with Gasteiger partial charge in [0.15, 0.2) is 0 Å². The van der Waals surface area contributed by atoms with Gasteiger partial charge in [0.2, 0.25) is 5.91 Å². The second kappa shape index (κ2) is 5.70. The monoisotopic (exact) mass is 328 g/mol. The van der Waals surface area contributed by atoms with Crippen molar-refractivity contribution in [3.05, 3.63) is 53.6 Å². The molecule has 0 bridgehead atoms. The summed E-state index contributed by atoms with van der Waals surface area (Å²) in [5.74, 6) is -0.221. The number of carbonyl (C=O) groups excluding carboxylic acids is 1. The topological polar surface area (TPSA) is 59.0 Å². The molecule has 1 saturated heterocycles. The van der Waals surface area contributed by atoms with Crippen molar-refractivity contribution in [2.45, 2.75) is 24.3 Å². The fourth-order valence-electron chi connectivity index (χ4n) is 3.66. The third-order valence-corrected chi connectivity index (χ3v) is 5.19. The summed E-state index contributed by atoms with van der Waals surface area (Å²) in [7, 11) is 1.88. The minimum atomic E-state index is -0.388. The van der Waals surface area contributed by atoms with E-state index in [1.165, 1.54) is 12.1 Å². The molecule has 2 heterocycles. The summed E-state index contributed by atoms with van der Waals surface area (Å²) in [4.78, 5) is 12.9. The Morgan fingerprint density at radius 3 is 2.92 bits per heavy atom. The van der Waals surface area contributed by atoms with E-state index in [1.54, 1.807) is 10.7 Å². The largest absolute Gasteiger partial charge is 0.346 e. The SMILES string of the molecule is Cn1cc([C@H]2CNC[C@@H]2C(=O)NC2(c3cccc(F)c3)CC2)cn1.